The molecule has 1 amide bonds. The summed E-state index contributed by atoms with van der Waals surface area (Å²) in [6, 6.07) is 9.27. The third kappa shape index (κ3) is 5.12. The molecule has 4 rings (SSSR count). The fraction of sp³-hybridized carbons (Fsp3) is 0.417. The Labute approximate surface area is 177 Å². The minimum Gasteiger partial charge on any atom is -0.321 e. The number of hydrogen-bond acceptors (Lipinski definition) is 4. The first-order valence-corrected chi connectivity index (χ1v) is 10.2. The Morgan fingerprint density at radius 2 is 1.63 bits per heavy atom. The summed E-state index contributed by atoms with van der Waals surface area (Å²) in [4.78, 5) is 33.8. The van der Waals surface area contributed by atoms with Crippen molar-refractivity contribution < 1.29 is 4.79 Å². The molecule has 1 aliphatic heterocycles. The highest BCUT2D eigenvalue weighted by Crippen LogP contribution is 2.27. The maximum Gasteiger partial charge on any atom is 0.248 e. The number of hydrogen-bond donors (Lipinski definition) is 2. The van der Waals surface area contributed by atoms with Crippen molar-refractivity contribution in [1.29, 1.82) is 0 Å². The van der Waals surface area contributed by atoms with Crippen LogP contribution >= 0.6 is 0 Å². The second-order valence-electron chi connectivity index (χ2n) is 9.73. The molecule has 0 aromatic carbocycles. The molecule has 1 aliphatic rings. The van der Waals surface area contributed by atoms with E-state index in [2.05, 4.69) is 67.9 Å². The Kier molecular flexibility index (Phi) is 5.79. The predicted molar refractivity (Wildman–Crippen MR) is 121 cm³/mol. The van der Waals surface area contributed by atoms with Crippen LogP contribution in [0.1, 0.15) is 64.8 Å². The van der Waals surface area contributed by atoms with Gasteiger partial charge in [-0.2, -0.15) is 0 Å². The number of nitrogens with zero attached hydrogens (tertiary/aromatic N) is 2. The molecule has 0 saturated carbocycles. The van der Waals surface area contributed by atoms with Crippen molar-refractivity contribution in [3.05, 3.63) is 63.7 Å². The number of amides is 1. The monoisotopic (exact) mass is 406 g/mol. The van der Waals surface area contributed by atoms with Crippen LogP contribution in [0.25, 0.3) is 11.0 Å². The van der Waals surface area contributed by atoms with Gasteiger partial charge in [0.05, 0.1) is 11.0 Å². The molecular formula is C24H30N4O2. The molecular weight excluding hydrogens is 376 g/mol. The maximum absolute atomic E-state index is 11.2. The Balaban J connectivity index is 0.000000171. The lowest BCUT2D eigenvalue weighted by atomic mass is 9.87. The van der Waals surface area contributed by atoms with Crippen LogP contribution in [-0.2, 0) is 22.0 Å². The first kappa shape index (κ1) is 21.7. The lowest BCUT2D eigenvalue weighted by Gasteiger charge is -2.22. The van der Waals surface area contributed by atoms with E-state index < -0.39 is 0 Å². The molecule has 0 aliphatic carbocycles. The standard InChI is InChI=1S/C12H14N2O.C12H16N2O/c1-12(2,3)10-6-4-9-8(13-10)5-7-11(15)14-9;1-12(2,3)9-6-8-4-5-10(15)14-11(8)13-7-9/h4-7H,1-3H3,(H,14,15);6-7H,4-5H2,1-3H3,(H,13,14,15). The highest BCUT2D eigenvalue weighted by molar-refractivity contribution is 5.92. The molecule has 6 heteroatoms. The topological polar surface area (TPSA) is 87.7 Å². The Morgan fingerprint density at radius 3 is 2.30 bits per heavy atom. The Bertz CT molecular complexity index is 1130. The summed E-state index contributed by atoms with van der Waals surface area (Å²) < 4.78 is 0. The van der Waals surface area contributed by atoms with Crippen molar-refractivity contribution in [3.8, 4) is 0 Å². The Morgan fingerprint density at radius 1 is 0.900 bits per heavy atom. The number of aromatic nitrogens is 3. The smallest absolute Gasteiger partial charge is 0.248 e. The minimum absolute atomic E-state index is 0.0321. The maximum atomic E-state index is 11.2. The highest BCUT2D eigenvalue weighted by Gasteiger charge is 2.20. The van der Waals surface area contributed by atoms with Gasteiger partial charge >= 0.3 is 0 Å². The van der Waals surface area contributed by atoms with E-state index >= 15 is 0 Å². The number of rotatable bonds is 0. The van der Waals surface area contributed by atoms with Crippen LogP contribution in [0.15, 0.2) is 41.3 Å². The summed E-state index contributed by atoms with van der Waals surface area (Å²) in [6.07, 6.45) is 3.23. The zero-order valence-corrected chi connectivity index (χ0v) is 18.6. The molecule has 0 saturated heterocycles. The highest BCUT2D eigenvalue weighted by atomic mass is 16.1. The van der Waals surface area contributed by atoms with Crippen LogP contribution in [0.2, 0.25) is 0 Å². The van der Waals surface area contributed by atoms with Gasteiger partial charge in [-0.05, 0) is 41.2 Å². The van der Waals surface area contributed by atoms with Gasteiger partial charge in [0.25, 0.3) is 0 Å². The first-order valence-electron chi connectivity index (χ1n) is 10.2. The molecule has 30 heavy (non-hydrogen) atoms. The second kappa shape index (κ2) is 8.01. The van der Waals surface area contributed by atoms with Gasteiger partial charge in [-0.1, -0.05) is 47.6 Å². The van der Waals surface area contributed by atoms with Crippen molar-refractivity contribution in [1.82, 2.24) is 15.0 Å². The van der Waals surface area contributed by atoms with Crippen LogP contribution in [0.3, 0.4) is 0 Å². The first-order chi connectivity index (χ1) is 13.9. The van der Waals surface area contributed by atoms with E-state index in [4.69, 9.17) is 0 Å². The fourth-order valence-electron chi connectivity index (χ4n) is 3.12. The molecule has 3 aromatic heterocycles. The zero-order chi connectivity index (χ0) is 22.1. The molecule has 3 aromatic rings. The van der Waals surface area contributed by atoms with Gasteiger partial charge < -0.3 is 10.3 Å². The van der Waals surface area contributed by atoms with Crippen molar-refractivity contribution in [2.45, 2.75) is 65.2 Å². The molecule has 6 nitrogen and oxygen atoms in total. The third-order valence-electron chi connectivity index (χ3n) is 5.06. The van der Waals surface area contributed by atoms with Crippen LogP contribution in [-0.4, -0.2) is 20.9 Å². The number of anilines is 1. The largest absolute Gasteiger partial charge is 0.321 e. The second-order valence-corrected chi connectivity index (χ2v) is 9.73. The number of H-pyrrole nitrogens is 1. The molecule has 0 radical (unpaired) electrons. The molecule has 4 heterocycles. The summed E-state index contributed by atoms with van der Waals surface area (Å²) >= 11 is 0. The van der Waals surface area contributed by atoms with Crippen LogP contribution in [0, 0.1) is 0 Å². The van der Waals surface area contributed by atoms with Crippen LogP contribution in [0.5, 0.6) is 0 Å². The van der Waals surface area contributed by atoms with Crippen molar-refractivity contribution >= 4 is 22.8 Å². The average Bonchev–Trinajstić information content (AvgIpc) is 2.66. The normalized spacial score (nSPS) is 13.9. The quantitative estimate of drug-likeness (QED) is 0.576. The van der Waals surface area contributed by atoms with E-state index in [1.165, 1.54) is 11.6 Å². The summed E-state index contributed by atoms with van der Waals surface area (Å²) in [5.41, 5.74) is 5.08. The average molecular weight is 407 g/mol. The molecule has 0 bridgehead atoms. The van der Waals surface area contributed by atoms with Crippen LogP contribution < -0.4 is 10.9 Å². The molecule has 0 atom stereocenters. The summed E-state index contributed by atoms with van der Waals surface area (Å²) in [5, 5.41) is 2.79. The van der Waals surface area contributed by atoms with E-state index in [1.54, 1.807) is 6.07 Å². The SMILES string of the molecule is CC(C)(C)c1ccc2[nH]c(=O)ccc2n1.CC(C)(C)c1cnc2c(c1)CCC(=O)N2. The van der Waals surface area contributed by atoms with E-state index in [9.17, 15) is 9.59 Å². The lowest BCUT2D eigenvalue weighted by Crippen LogP contribution is -2.21. The van der Waals surface area contributed by atoms with Crippen molar-refractivity contribution in [3.63, 3.8) is 0 Å². The van der Waals surface area contributed by atoms with Gasteiger partial charge in [-0.3, -0.25) is 14.6 Å². The fourth-order valence-corrected chi connectivity index (χ4v) is 3.12. The van der Waals surface area contributed by atoms with Crippen molar-refractivity contribution in [2.24, 2.45) is 0 Å². The Hall–Kier alpha value is -3.02. The van der Waals surface area contributed by atoms with E-state index in [1.807, 2.05) is 18.3 Å². The number of pyridine rings is 3. The predicted octanol–water partition coefficient (Wildman–Crippen LogP) is 4.48. The molecule has 2 N–H and O–H groups in total. The summed E-state index contributed by atoms with van der Waals surface area (Å²) in [7, 11) is 0. The van der Waals surface area contributed by atoms with Gasteiger partial charge in [0, 0.05) is 29.8 Å². The number of fused-ring (bicyclic) bond motifs is 2. The van der Waals surface area contributed by atoms with Gasteiger partial charge in [0.1, 0.15) is 5.82 Å². The molecule has 158 valence electrons. The number of carbonyl (C=O) groups is 1. The minimum atomic E-state index is -0.0900. The number of carbonyl (C=O) groups excluding carboxylic acids is 1. The van der Waals surface area contributed by atoms with E-state index in [-0.39, 0.29) is 22.3 Å². The summed E-state index contributed by atoms with van der Waals surface area (Å²) in [6.45, 7) is 12.8. The van der Waals surface area contributed by atoms with Crippen molar-refractivity contribution in [2.75, 3.05) is 5.32 Å². The van der Waals surface area contributed by atoms with E-state index in [0.29, 0.717) is 6.42 Å². The molecule has 0 fully saturated rings. The third-order valence-corrected chi connectivity index (χ3v) is 5.06. The van der Waals surface area contributed by atoms with Gasteiger partial charge in [0.2, 0.25) is 11.5 Å². The number of aryl methyl sites for hydroxylation is 1. The lowest BCUT2D eigenvalue weighted by molar-refractivity contribution is -0.116. The summed E-state index contributed by atoms with van der Waals surface area (Å²) in [5.74, 6) is 0.803. The van der Waals surface area contributed by atoms with Crippen LogP contribution in [0.4, 0.5) is 5.82 Å². The molecule has 0 spiro atoms. The number of nitrogens with one attached hydrogen (secondary N) is 2. The van der Waals surface area contributed by atoms with Gasteiger partial charge in [0.15, 0.2) is 0 Å². The van der Waals surface area contributed by atoms with Gasteiger partial charge in [-0.15, -0.1) is 0 Å². The van der Waals surface area contributed by atoms with E-state index in [0.717, 1.165) is 34.5 Å². The van der Waals surface area contributed by atoms with Gasteiger partial charge in [-0.25, -0.2) is 4.98 Å². The zero-order valence-electron chi connectivity index (χ0n) is 18.6. The molecule has 0 unspecified atom stereocenters. The number of aromatic amines is 1.